The summed E-state index contributed by atoms with van der Waals surface area (Å²) in [6, 6.07) is 5.42. The highest BCUT2D eigenvalue weighted by atomic mass is 28.4. The van der Waals surface area contributed by atoms with Crippen LogP contribution in [0.25, 0.3) is 0 Å². The summed E-state index contributed by atoms with van der Waals surface area (Å²) in [6.45, 7) is 16.8. The summed E-state index contributed by atoms with van der Waals surface area (Å²) >= 11 is 0. The number of terminal acetylenes is 1. The molecule has 1 unspecified atom stereocenters. The molecule has 194 valence electrons. The first-order chi connectivity index (χ1) is 16.0. The molecule has 2 rings (SSSR count). The number of aliphatic hydroxyl groups is 1. The summed E-state index contributed by atoms with van der Waals surface area (Å²) in [5.74, 6) is 1.94. The Balaban J connectivity index is 2.29. The van der Waals surface area contributed by atoms with E-state index in [1.165, 1.54) is 4.90 Å². The Morgan fingerprint density at radius 3 is 2.29 bits per heavy atom. The lowest BCUT2D eigenvalue weighted by atomic mass is 9.86. The minimum absolute atomic E-state index is 0.0107. The molecule has 1 aliphatic rings. The highest BCUT2D eigenvalue weighted by Crippen LogP contribution is 2.37. The van der Waals surface area contributed by atoms with Crippen molar-refractivity contribution < 1.29 is 19.1 Å². The molecule has 1 heterocycles. The molecule has 1 fully saturated rings. The number of carbonyl (C=O) groups is 2. The number of carbonyl (C=O) groups excluding carboxylic acids is 2. The zero-order chi connectivity index (χ0) is 26.8. The van der Waals surface area contributed by atoms with Crippen LogP contribution < -0.4 is 11.1 Å². The third kappa shape index (κ3) is 7.17. The van der Waals surface area contributed by atoms with Gasteiger partial charge in [-0.15, -0.1) is 6.42 Å². The molecule has 1 aromatic rings. The molecule has 1 aromatic carbocycles. The molecule has 0 spiro atoms. The number of nitrogens with zero attached hydrogens (tertiary/aromatic N) is 1. The lowest BCUT2D eigenvalue weighted by molar-refractivity contribution is -0.141. The highest BCUT2D eigenvalue weighted by Gasteiger charge is 2.43. The molecule has 1 saturated heterocycles. The van der Waals surface area contributed by atoms with Gasteiger partial charge in [0.15, 0.2) is 8.32 Å². The number of benzene rings is 1. The predicted molar refractivity (Wildman–Crippen MR) is 142 cm³/mol. The standard InChI is InChI=1S/C27H43N3O4Si/c1-10-18-11-13-19(14-12-18)21(17-34-35(8,9)27(5,6)7)29-24(32)22-15-20(31)16-30(22)25(33)23(28)26(2,3)4/h1,11-14,20-23,31H,15-17,28H2,2-9H3,(H,29,32)/t20-,21+,22+,23?/m1/s1. The smallest absolute Gasteiger partial charge is 0.243 e. The van der Waals surface area contributed by atoms with Crippen molar-refractivity contribution in [2.75, 3.05) is 13.2 Å². The average Bonchev–Trinajstić information content (AvgIpc) is 3.16. The number of aliphatic hydroxyl groups excluding tert-OH is 1. The van der Waals surface area contributed by atoms with E-state index in [0.29, 0.717) is 6.61 Å². The number of likely N-dealkylation sites (tertiary alicyclic amines) is 1. The fourth-order valence-electron chi connectivity index (χ4n) is 3.66. The molecule has 0 aliphatic carbocycles. The monoisotopic (exact) mass is 501 g/mol. The van der Waals surface area contributed by atoms with E-state index in [1.807, 2.05) is 45.0 Å². The molecule has 0 saturated carbocycles. The van der Waals surface area contributed by atoms with Crippen molar-refractivity contribution in [1.29, 1.82) is 0 Å². The lowest BCUT2D eigenvalue weighted by Gasteiger charge is -2.38. The molecular weight excluding hydrogens is 458 g/mol. The van der Waals surface area contributed by atoms with E-state index in [9.17, 15) is 14.7 Å². The van der Waals surface area contributed by atoms with Crippen molar-refractivity contribution in [3.05, 3.63) is 35.4 Å². The highest BCUT2D eigenvalue weighted by molar-refractivity contribution is 6.74. The quantitative estimate of drug-likeness (QED) is 0.393. The van der Waals surface area contributed by atoms with Gasteiger partial charge in [0.2, 0.25) is 11.8 Å². The summed E-state index contributed by atoms with van der Waals surface area (Å²) in [5, 5.41) is 13.4. The summed E-state index contributed by atoms with van der Waals surface area (Å²) in [5.41, 5.74) is 7.34. The van der Waals surface area contributed by atoms with Crippen LogP contribution in [0.3, 0.4) is 0 Å². The van der Waals surface area contributed by atoms with Gasteiger partial charge in [-0.2, -0.15) is 0 Å². The van der Waals surface area contributed by atoms with Crippen LogP contribution in [0.4, 0.5) is 0 Å². The summed E-state index contributed by atoms with van der Waals surface area (Å²) in [7, 11) is -2.08. The van der Waals surface area contributed by atoms with E-state index in [1.54, 1.807) is 0 Å². The maximum atomic E-state index is 13.5. The van der Waals surface area contributed by atoms with E-state index in [0.717, 1.165) is 11.1 Å². The van der Waals surface area contributed by atoms with Crippen molar-refractivity contribution in [2.24, 2.45) is 11.1 Å². The zero-order valence-corrected chi connectivity index (χ0v) is 23.5. The fraction of sp³-hybridized carbons (Fsp3) is 0.630. The molecular formula is C27H43N3O4Si. The molecule has 4 N–H and O–H groups in total. The van der Waals surface area contributed by atoms with Gasteiger partial charge in [-0.25, -0.2) is 0 Å². The topological polar surface area (TPSA) is 105 Å². The fourth-order valence-corrected chi connectivity index (χ4v) is 4.68. The Morgan fingerprint density at radius 1 is 1.23 bits per heavy atom. The second kappa shape index (κ2) is 10.8. The van der Waals surface area contributed by atoms with Crippen molar-refractivity contribution in [3.63, 3.8) is 0 Å². The number of β-amino-alcohol motifs (C(OH)–C–C–N with tert-alkyl or cyclic N) is 1. The molecule has 0 aromatic heterocycles. The van der Waals surface area contributed by atoms with Gasteiger partial charge in [0, 0.05) is 18.5 Å². The van der Waals surface area contributed by atoms with Gasteiger partial charge < -0.3 is 25.5 Å². The molecule has 4 atom stereocenters. The van der Waals surface area contributed by atoms with Gasteiger partial charge in [-0.3, -0.25) is 9.59 Å². The zero-order valence-electron chi connectivity index (χ0n) is 22.5. The van der Waals surface area contributed by atoms with Crippen LogP contribution in [0.15, 0.2) is 24.3 Å². The second-order valence-corrected chi connectivity index (χ2v) is 16.9. The maximum Gasteiger partial charge on any atom is 0.243 e. The predicted octanol–water partition coefficient (Wildman–Crippen LogP) is 3.18. The van der Waals surface area contributed by atoms with Gasteiger partial charge in [0.05, 0.1) is 24.8 Å². The van der Waals surface area contributed by atoms with Crippen molar-refractivity contribution >= 4 is 20.1 Å². The molecule has 1 aliphatic heterocycles. The third-order valence-electron chi connectivity index (χ3n) is 7.28. The molecule has 0 radical (unpaired) electrons. The van der Waals surface area contributed by atoms with Crippen LogP contribution in [0.2, 0.25) is 18.1 Å². The Hall–Kier alpha value is -2.18. The Morgan fingerprint density at radius 2 is 1.80 bits per heavy atom. The molecule has 35 heavy (non-hydrogen) atoms. The normalized spacial score (nSPS) is 20.8. The van der Waals surface area contributed by atoms with Crippen molar-refractivity contribution in [3.8, 4) is 12.3 Å². The molecule has 2 amide bonds. The number of hydrogen-bond donors (Lipinski definition) is 3. The summed E-state index contributed by atoms with van der Waals surface area (Å²) in [6.07, 6.45) is 4.89. The van der Waals surface area contributed by atoms with Gasteiger partial charge in [0.1, 0.15) is 6.04 Å². The minimum atomic E-state index is -2.08. The van der Waals surface area contributed by atoms with Crippen LogP contribution in [0.1, 0.15) is 65.1 Å². The minimum Gasteiger partial charge on any atom is -0.414 e. The van der Waals surface area contributed by atoms with Crippen molar-refractivity contribution in [1.82, 2.24) is 10.2 Å². The molecule has 7 nitrogen and oxygen atoms in total. The Bertz CT molecular complexity index is 941. The number of amides is 2. The number of nitrogens with two attached hydrogens (primary N) is 1. The summed E-state index contributed by atoms with van der Waals surface area (Å²) < 4.78 is 6.44. The van der Waals surface area contributed by atoms with E-state index in [4.69, 9.17) is 16.6 Å². The number of rotatable bonds is 7. The van der Waals surface area contributed by atoms with Gasteiger partial charge in [0.25, 0.3) is 0 Å². The largest absolute Gasteiger partial charge is 0.414 e. The van der Waals surface area contributed by atoms with E-state index in [-0.39, 0.29) is 29.8 Å². The molecule has 8 heteroatoms. The average molecular weight is 502 g/mol. The second-order valence-electron chi connectivity index (χ2n) is 12.1. The van der Waals surface area contributed by atoms with Crippen LogP contribution in [0, 0.1) is 17.8 Å². The summed E-state index contributed by atoms with van der Waals surface area (Å²) in [4.78, 5) is 28.0. The first kappa shape index (κ1) is 29.0. The van der Waals surface area contributed by atoms with Gasteiger partial charge in [-0.05, 0) is 41.2 Å². The first-order valence-electron chi connectivity index (χ1n) is 12.2. The molecule has 0 bridgehead atoms. The van der Waals surface area contributed by atoms with Gasteiger partial charge in [-0.1, -0.05) is 59.6 Å². The van der Waals surface area contributed by atoms with Crippen LogP contribution in [-0.2, 0) is 14.0 Å². The van der Waals surface area contributed by atoms with Gasteiger partial charge >= 0.3 is 0 Å². The van der Waals surface area contributed by atoms with Crippen LogP contribution in [0.5, 0.6) is 0 Å². The lowest BCUT2D eigenvalue weighted by Crippen LogP contribution is -2.55. The maximum absolute atomic E-state index is 13.5. The Kier molecular flexibility index (Phi) is 8.99. The number of nitrogens with one attached hydrogen (secondary N) is 1. The van der Waals surface area contributed by atoms with E-state index >= 15 is 0 Å². The van der Waals surface area contributed by atoms with E-state index < -0.39 is 38.0 Å². The Labute approximate surface area is 211 Å². The van der Waals surface area contributed by atoms with Crippen LogP contribution in [-0.4, -0.2) is 61.5 Å². The van der Waals surface area contributed by atoms with Crippen LogP contribution >= 0.6 is 0 Å². The first-order valence-corrected chi connectivity index (χ1v) is 15.1. The van der Waals surface area contributed by atoms with Crippen molar-refractivity contribution in [2.45, 2.75) is 90.3 Å². The third-order valence-corrected chi connectivity index (χ3v) is 11.8. The SMILES string of the molecule is C#Cc1ccc([C@H](CO[Si](C)(C)C(C)(C)C)NC(=O)[C@@H]2C[C@@H](O)CN2C(=O)C(N)C(C)(C)C)cc1. The number of hydrogen-bond acceptors (Lipinski definition) is 5. The van der Waals surface area contributed by atoms with E-state index in [2.05, 4.69) is 45.1 Å².